The Balaban J connectivity index is 0.00000554. The molecule has 0 bridgehead atoms. The van der Waals surface area contributed by atoms with Crippen molar-refractivity contribution in [2.75, 3.05) is 31.9 Å². The zero-order chi connectivity index (χ0) is 58.5. The van der Waals surface area contributed by atoms with Gasteiger partial charge in [0, 0.05) is 54.8 Å². The molecule has 10 atom stereocenters. The molecule has 4 heterocycles. The monoisotopic (exact) mass is 1200 g/mol. The predicted octanol–water partition coefficient (Wildman–Crippen LogP) is -1.18. The van der Waals surface area contributed by atoms with E-state index in [0.717, 1.165) is 13.0 Å². The number of nitrogen functional groups attached to an aromatic ring is 1. The van der Waals surface area contributed by atoms with Crippen molar-refractivity contribution in [3.05, 3.63) is 98.0 Å². The van der Waals surface area contributed by atoms with Gasteiger partial charge in [0.1, 0.15) is 40.0 Å². The summed E-state index contributed by atoms with van der Waals surface area (Å²) in [5.41, 5.74) is 24.1. The Labute approximate surface area is 477 Å². The number of primary amides is 2. The number of aromatic amines is 1. The molecule has 80 heavy (non-hydrogen) atoms. The number of imidazole rings is 1. The molecule has 20 N–H and O–H groups in total. The third-order valence-electron chi connectivity index (χ3n) is 12.1. The summed E-state index contributed by atoms with van der Waals surface area (Å²) in [5.74, 6) is -7.59. The molecule has 0 radical (unpaired) electrons. The zero-order valence-corrected chi connectivity index (χ0v) is 46.8. The normalized spacial score (nSPS) is 14.8. The summed E-state index contributed by atoms with van der Waals surface area (Å²) in [6.07, 6.45) is -1.91. The van der Waals surface area contributed by atoms with Crippen molar-refractivity contribution in [3.63, 3.8) is 0 Å². The van der Waals surface area contributed by atoms with Crippen molar-refractivity contribution < 1.29 is 76.2 Å². The molecule has 0 aliphatic rings. The Morgan fingerprint density at radius 3 is 2.16 bits per heavy atom. The van der Waals surface area contributed by atoms with E-state index < -0.39 is 102 Å². The van der Waals surface area contributed by atoms with Gasteiger partial charge in [-0.05, 0) is 52.3 Å². The summed E-state index contributed by atoms with van der Waals surface area (Å²) in [4.78, 5) is 115. The maximum absolute atomic E-state index is 13.9. The first kappa shape index (κ1) is 67.3. The van der Waals surface area contributed by atoms with Crippen molar-refractivity contribution in [2.24, 2.45) is 23.1 Å². The average molecular weight is 1200 g/mol. The van der Waals surface area contributed by atoms with Crippen molar-refractivity contribution >= 4 is 69.8 Å². The molecule has 29 nitrogen and oxygen atoms in total. The topological polar surface area (TPSA) is 491 Å². The third-order valence-corrected chi connectivity index (χ3v) is 13.9. The van der Waals surface area contributed by atoms with Crippen LogP contribution in [0.25, 0.3) is 16.0 Å². The number of nitrogens with zero attached hydrogens (tertiary/aromatic N) is 6. The van der Waals surface area contributed by atoms with Gasteiger partial charge in [-0.25, -0.2) is 24.9 Å². The van der Waals surface area contributed by atoms with Crippen molar-refractivity contribution in [1.29, 1.82) is 0 Å². The maximum Gasteiger partial charge on any atom is 3.00 e. The molecule has 436 valence electrons. The van der Waals surface area contributed by atoms with Gasteiger partial charge in [-0.1, -0.05) is 37.3 Å². The van der Waals surface area contributed by atoms with Gasteiger partial charge in [-0.2, -0.15) is 0 Å². The first-order valence-corrected chi connectivity index (χ1v) is 26.4. The number of rotatable bonds is 30. The van der Waals surface area contributed by atoms with Crippen LogP contribution in [0.2, 0.25) is 0 Å². The Kier molecular flexibility index (Phi) is 27.7. The molecular weight excluding hydrogens is 1130 g/mol. The Morgan fingerprint density at radius 2 is 1.52 bits per heavy atom. The minimum absolute atomic E-state index is 0. The van der Waals surface area contributed by atoms with Crippen LogP contribution in [0.4, 0.5) is 5.82 Å². The number of aliphatic hydroxyl groups is 3. The summed E-state index contributed by atoms with van der Waals surface area (Å²) in [7, 11) is 0. The van der Waals surface area contributed by atoms with Crippen LogP contribution in [0.3, 0.4) is 0 Å². The number of thiazole rings is 2. The summed E-state index contributed by atoms with van der Waals surface area (Å²) in [6.45, 7) is 8.43. The molecule has 0 aliphatic carbocycles. The summed E-state index contributed by atoms with van der Waals surface area (Å²) >= 11 is 2.59. The van der Waals surface area contributed by atoms with E-state index in [2.05, 4.69) is 86.2 Å². The van der Waals surface area contributed by atoms with Gasteiger partial charge in [0.05, 0.1) is 71.3 Å². The van der Waals surface area contributed by atoms with Crippen LogP contribution in [0, 0.1) is 12.8 Å². The van der Waals surface area contributed by atoms with E-state index in [1.165, 1.54) is 68.5 Å². The number of anilines is 1. The number of nitrogens with two attached hydrogens (primary N) is 4. The molecular formula is C48H68CoN17O12S2+2. The van der Waals surface area contributed by atoms with E-state index in [1.807, 2.05) is 18.2 Å². The van der Waals surface area contributed by atoms with Gasteiger partial charge in [0.25, 0.3) is 5.91 Å². The molecule has 7 amide bonds. The fourth-order valence-corrected chi connectivity index (χ4v) is 9.07. The van der Waals surface area contributed by atoms with Gasteiger partial charge in [0.15, 0.2) is 0 Å². The SMILES string of the molecule is Cc1c(N)nc(C(CC(N)=O)NCC(N)C(N)=O)nc1C(=O)[N-]C(C(=O)NC(C)C(O)C(C)C(=O)NC(C(=O)NCCc1nc(-c2nc(C(=O)NCCCNC(C)c3ccccc3)cs2)cs1)C(C)O)C(O)c1cnc[nH]1.OO.[Co+3]. The number of benzene rings is 1. The van der Waals surface area contributed by atoms with Gasteiger partial charge < -0.3 is 85.3 Å². The quantitative estimate of drug-likeness (QED) is 0.0146. The zero-order valence-electron chi connectivity index (χ0n) is 44.2. The fourth-order valence-electron chi connectivity index (χ4n) is 7.45. The molecule has 4 aromatic heterocycles. The molecule has 1 aromatic carbocycles. The fraction of sp³-hybridized carbons (Fsp3) is 0.458. The van der Waals surface area contributed by atoms with Gasteiger partial charge in [0.2, 0.25) is 29.5 Å². The van der Waals surface area contributed by atoms with Crippen LogP contribution < -0.4 is 54.8 Å². The van der Waals surface area contributed by atoms with E-state index in [0.29, 0.717) is 22.3 Å². The Morgan fingerprint density at radius 1 is 0.825 bits per heavy atom. The van der Waals surface area contributed by atoms with Gasteiger partial charge in [-0.3, -0.25) is 39.3 Å². The number of carbonyl (C=O) groups excluding carboxylic acids is 7. The van der Waals surface area contributed by atoms with Crippen LogP contribution in [-0.2, 0) is 47.2 Å². The largest absolute Gasteiger partial charge is 3.00 e. The molecule has 0 aliphatic heterocycles. The van der Waals surface area contributed by atoms with E-state index >= 15 is 0 Å². The Hall–Kier alpha value is -6.95. The second-order valence-corrected chi connectivity index (χ2v) is 19.9. The van der Waals surface area contributed by atoms with E-state index in [9.17, 15) is 48.9 Å². The van der Waals surface area contributed by atoms with Crippen LogP contribution in [0.5, 0.6) is 0 Å². The third kappa shape index (κ3) is 19.7. The predicted molar refractivity (Wildman–Crippen MR) is 289 cm³/mol. The number of hydrogen-bond acceptors (Lipinski definition) is 23. The van der Waals surface area contributed by atoms with Crippen LogP contribution in [-0.4, -0.2) is 160 Å². The standard InChI is InChI=1S/C48H67N17O10S2.Co.H2O2/c1-22-35(62-42(65-40(22)51)29(16-33(50)67)57-17-28(49)41(52)70)46(74)64-37(39(69)30-18-53-21-58-30)47(75)59-25(4)38(68)23(2)43(71)63-36(26(5)66)45(73)56-15-12-34-60-32(20-76-34)48-61-31(19-77-48)44(72)55-14-9-13-54-24(3)27-10-7-6-8-11-27;;1-2/h6-8,10-11,18-21,23-26,28-29,36-39,54,57,66,68-69H,9,12-17,49H2,1-5H3,(H12,50,51,52,53,55,56,58,59,62,63,64,65,67,70,71,72,73,74,75);;1-2H/q;+3;/p-1. The molecule has 0 saturated heterocycles. The molecule has 0 saturated carbocycles. The van der Waals surface area contributed by atoms with E-state index in [1.54, 1.807) is 10.8 Å². The summed E-state index contributed by atoms with van der Waals surface area (Å²) < 4.78 is 0. The molecule has 10 unspecified atom stereocenters. The van der Waals surface area contributed by atoms with Crippen molar-refractivity contribution in [3.8, 4) is 10.7 Å². The molecule has 32 heteroatoms. The Bertz CT molecular complexity index is 2810. The second-order valence-electron chi connectivity index (χ2n) is 18.1. The van der Waals surface area contributed by atoms with Gasteiger partial charge >= 0.3 is 16.8 Å². The van der Waals surface area contributed by atoms with Crippen LogP contribution in [0.1, 0.15) is 107 Å². The molecule has 0 fully saturated rings. The number of carbonyl (C=O) groups is 7. The number of aromatic nitrogens is 6. The van der Waals surface area contributed by atoms with E-state index in [4.69, 9.17) is 33.4 Å². The second kappa shape index (κ2) is 33.0. The number of H-pyrrole nitrogens is 1. The number of amides is 7. The first-order valence-electron chi connectivity index (χ1n) is 24.6. The van der Waals surface area contributed by atoms with Crippen molar-refractivity contribution in [2.45, 2.75) is 108 Å². The van der Waals surface area contributed by atoms with E-state index in [-0.39, 0.29) is 76.8 Å². The minimum Gasteiger partial charge on any atom is -0.635 e. The molecule has 0 spiro atoms. The molecule has 5 aromatic rings. The van der Waals surface area contributed by atoms with Gasteiger partial charge in [-0.15, -0.1) is 22.7 Å². The van der Waals surface area contributed by atoms with Crippen LogP contribution in [0.15, 0.2) is 53.6 Å². The number of nitrogens with one attached hydrogen (secondary N) is 7. The number of aliphatic hydroxyl groups excluding tert-OH is 3. The first-order chi connectivity index (χ1) is 37.6. The smallest absolute Gasteiger partial charge is 0.635 e. The number of hydrogen-bond donors (Lipinski definition) is 16. The average Bonchev–Trinajstić information content (AvgIpc) is 4.25. The minimum atomic E-state index is -1.94. The van der Waals surface area contributed by atoms with Crippen LogP contribution >= 0.6 is 22.7 Å². The maximum atomic E-state index is 13.9. The summed E-state index contributed by atoms with van der Waals surface area (Å²) in [5, 5.41) is 70.5. The summed E-state index contributed by atoms with van der Waals surface area (Å²) in [6, 6.07) is 3.29. The van der Waals surface area contributed by atoms with Crippen molar-refractivity contribution in [1.82, 2.24) is 61.8 Å². The molecule has 5 rings (SSSR count).